The predicted octanol–water partition coefficient (Wildman–Crippen LogP) is 3.12. The lowest BCUT2D eigenvalue weighted by atomic mass is 9.92. The number of carbonyl (C=O) groups is 1. The zero-order valence-corrected chi connectivity index (χ0v) is 15.4. The summed E-state index contributed by atoms with van der Waals surface area (Å²) in [5.74, 6) is -1.23. The van der Waals surface area contributed by atoms with Crippen molar-refractivity contribution in [3.05, 3.63) is 69.8 Å². The summed E-state index contributed by atoms with van der Waals surface area (Å²) in [5.41, 5.74) is 0.803. The van der Waals surface area contributed by atoms with Crippen molar-refractivity contribution in [3.8, 4) is 0 Å². The Morgan fingerprint density at radius 1 is 1.19 bits per heavy atom. The van der Waals surface area contributed by atoms with E-state index in [0.717, 1.165) is 0 Å². The molecule has 0 saturated heterocycles. The number of benzene rings is 2. The summed E-state index contributed by atoms with van der Waals surface area (Å²) in [5, 5.41) is 10.8. The smallest absolute Gasteiger partial charge is 0.313 e. The van der Waals surface area contributed by atoms with E-state index in [1.54, 1.807) is 19.1 Å². The van der Waals surface area contributed by atoms with Gasteiger partial charge >= 0.3 is 5.97 Å². The summed E-state index contributed by atoms with van der Waals surface area (Å²) in [4.78, 5) is 22.4. The number of aryl methyl sites for hydroxylation is 1. The van der Waals surface area contributed by atoms with Gasteiger partial charge in [0, 0.05) is 12.1 Å². The molecule has 0 radical (unpaired) electrons. The topological polar surface area (TPSA) is 124 Å². The van der Waals surface area contributed by atoms with Crippen LogP contribution in [0.15, 0.2) is 53.4 Å². The quantitative estimate of drug-likeness (QED) is 0.316. The highest BCUT2D eigenvalue weighted by Gasteiger charge is 2.24. The van der Waals surface area contributed by atoms with Gasteiger partial charge in [-0.2, -0.15) is 8.42 Å². The van der Waals surface area contributed by atoms with E-state index in [0.29, 0.717) is 11.1 Å². The fourth-order valence-electron chi connectivity index (χ4n) is 2.75. The normalized spacial score (nSPS) is 12.4. The molecule has 0 amide bonds. The first-order chi connectivity index (χ1) is 12.7. The van der Waals surface area contributed by atoms with E-state index in [1.165, 1.54) is 36.4 Å². The maximum absolute atomic E-state index is 12.3. The monoisotopic (exact) mass is 393 g/mol. The minimum Gasteiger partial charge on any atom is -0.466 e. The first-order valence-electron chi connectivity index (χ1n) is 8.20. The van der Waals surface area contributed by atoms with Crippen LogP contribution in [0.3, 0.4) is 0 Å². The van der Waals surface area contributed by atoms with Gasteiger partial charge in [-0.3, -0.25) is 19.5 Å². The van der Waals surface area contributed by atoms with Crippen molar-refractivity contribution >= 4 is 21.8 Å². The number of carbonyl (C=O) groups excluding carboxylic acids is 1. The van der Waals surface area contributed by atoms with E-state index in [4.69, 9.17) is 4.74 Å². The molecular formula is C18H19NO7S. The number of hydrogen-bond acceptors (Lipinski definition) is 6. The SMILES string of the molecule is CCOC(=O)[C@H](CCc1ccccc1S(=O)(=O)O)c1ccc([N+](=O)[O-])cc1. The van der Waals surface area contributed by atoms with Crippen LogP contribution in [0.2, 0.25) is 0 Å². The second-order valence-corrected chi connectivity index (χ2v) is 7.16. The zero-order chi connectivity index (χ0) is 20.0. The van der Waals surface area contributed by atoms with E-state index in [2.05, 4.69) is 0 Å². The molecule has 0 aliphatic heterocycles. The van der Waals surface area contributed by atoms with Crippen molar-refractivity contribution in [2.24, 2.45) is 0 Å². The van der Waals surface area contributed by atoms with Crippen LogP contribution in [0.1, 0.15) is 30.4 Å². The van der Waals surface area contributed by atoms with Gasteiger partial charge in [-0.15, -0.1) is 0 Å². The van der Waals surface area contributed by atoms with E-state index in [-0.39, 0.29) is 30.0 Å². The summed E-state index contributed by atoms with van der Waals surface area (Å²) < 4.78 is 37.4. The lowest BCUT2D eigenvalue weighted by Gasteiger charge is -2.16. The van der Waals surface area contributed by atoms with E-state index in [1.807, 2.05) is 0 Å². The van der Waals surface area contributed by atoms with E-state index < -0.39 is 26.9 Å². The molecule has 1 N–H and O–H groups in total. The Balaban J connectivity index is 2.29. The minimum absolute atomic E-state index is 0.0990. The van der Waals surface area contributed by atoms with Gasteiger partial charge < -0.3 is 4.74 Å². The fraction of sp³-hybridized carbons (Fsp3) is 0.278. The number of ether oxygens (including phenoxy) is 1. The molecule has 27 heavy (non-hydrogen) atoms. The number of hydrogen-bond donors (Lipinski definition) is 1. The molecule has 0 spiro atoms. The molecule has 0 aliphatic rings. The summed E-state index contributed by atoms with van der Waals surface area (Å²) in [6, 6.07) is 11.5. The highest BCUT2D eigenvalue weighted by molar-refractivity contribution is 7.85. The molecule has 0 fully saturated rings. The van der Waals surface area contributed by atoms with Crippen molar-refractivity contribution in [2.75, 3.05) is 6.61 Å². The molecule has 144 valence electrons. The Hall–Kier alpha value is -2.78. The van der Waals surface area contributed by atoms with Crippen LogP contribution < -0.4 is 0 Å². The summed E-state index contributed by atoms with van der Waals surface area (Å²) in [7, 11) is -4.38. The largest absolute Gasteiger partial charge is 0.466 e. The molecule has 2 rings (SSSR count). The van der Waals surface area contributed by atoms with Gasteiger partial charge in [0.15, 0.2) is 0 Å². The first-order valence-corrected chi connectivity index (χ1v) is 9.64. The van der Waals surface area contributed by atoms with Crippen LogP contribution in [-0.2, 0) is 26.1 Å². The number of nitrogens with zero attached hydrogens (tertiary/aromatic N) is 1. The molecule has 8 nitrogen and oxygen atoms in total. The van der Waals surface area contributed by atoms with Crippen LogP contribution in [0.25, 0.3) is 0 Å². The van der Waals surface area contributed by atoms with Gasteiger partial charge in [0.05, 0.1) is 22.3 Å². The Labute approximate surface area is 156 Å². The molecular weight excluding hydrogens is 374 g/mol. The van der Waals surface area contributed by atoms with Crippen molar-refractivity contribution in [1.82, 2.24) is 0 Å². The van der Waals surface area contributed by atoms with Crippen LogP contribution in [0.4, 0.5) is 5.69 Å². The number of nitro groups is 1. The van der Waals surface area contributed by atoms with E-state index >= 15 is 0 Å². The third-order valence-electron chi connectivity index (χ3n) is 4.03. The molecule has 0 saturated carbocycles. The molecule has 0 heterocycles. The summed E-state index contributed by atoms with van der Waals surface area (Å²) in [6.07, 6.45) is 0.402. The number of non-ortho nitro benzene ring substituents is 1. The van der Waals surface area contributed by atoms with Gasteiger partial charge in [0.1, 0.15) is 0 Å². The Kier molecular flexibility index (Phi) is 6.65. The van der Waals surface area contributed by atoms with Gasteiger partial charge in [0.25, 0.3) is 15.8 Å². The van der Waals surface area contributed by atoms with Crippen LogP contribution in [0, 0.1) is 10.1 Å². The Morgan fingerprint density at radius 3 is 2.37 bits per heavy atom. The van der Waals surface area contributed by atoms with Crippen molar-refractivity contribution in [1.29, 1.82) is 0 Å². The molecule has 2 aromatic rings. The maximum Gasteiger partial charge on any atom is 0.313 e. The standard InChI is InChI=1S/C18H19NO7S/c1-2-26-18(20)16(13-7-10-15(11-8-13)19(21)22)12-9-14-5-3-4-6-17(14)27(23,24)25/h3-8,10-11,16H,2,9,12H2,1H3,(H,23,24,25)/t16-/m1/s1. The Bertz CT molecular complexity index is 923. The molecule has 9 heteroatoms. The molecule has 1 atom stereocenters. The predicted molar refractivity (Wildman–Crippen MR) is 97.0 cm³/mol. The molecule has 0 aromatic heterocycles. The van der Waals surface area contributed by atoms with Gasteiger partial charge in [-0.05, 0) is 37.0 Å². The molecule has 0 unspecified atom stereocenters. The number of rotatable bonds is 8. The highest BCUT2D eigenvalue weighted by Crippen LogP contribution is 2.27. The van der Waals surface area contributed by atoms with Crippen LogP contribution in [0.5, 0.6) is 0 Å². The number of esters is 1. The van der Waals surface area contributed by atoms with Crippen molar-refractivity contribution < 1.29 is 27.4 Å². The fourth-order valence-corrected chi connectivity index (χ4v) is 3.51. The van der Waals surface area contributed by atoms with Gasteiger partial charge in [0.2, 0.25) is 0 Å². The maximum atomic E-state index is 12.3. The third-order valence-corrected chi connectivity index (χ3v) is 4.98. The summed E-state index contributed by atoms with van der Waals surface area (Å²) >= 11 is 0. The lowest BCUT2D eigenvalue weighted by Crippen LogP contribution is -2.17. The van der Waals surface area contributed by atoms with Crippen molar-refractivity contribution in [3.63, 3.8) is 0 Å². The molecule has 0 aliphatic carbocycles. The zero-order valence-electron chi connectivity index (χ0n) is 14.6. The minimum atomic E-state index is -4.38. The first kappa shape index (κ1) is 20.5. The highest BCUT2D eigenvalue weighted by atomic mass is 32.2. The van der Waals surface area contributed by atoms with Gasteiger partial charge in [-0.1, -0.05) is 30.3 Å². The molecule has 0 bridgehead atoms. The average molecular weight is 393 g/mol. The second kappa shape index (κ2) is 8.74. The summed E-state index contributed by atoms with van der Waals surface area (Å²) in [6.45, 7) is 1.84. The van der Waals surface area contributed by atoms with Crippen LogP contribution in [-0.4, -0.2) is 30.5 Å². The average Bonchev–Trinajstić information content (AvgIpc) is 2.62. The van der Waals surface area contributed by atoms with Gasteiger partial charge in [-0.25, -0.2) is 0 Å². The lowest BCUT2D eigenvalue weighted by molar-refractivity contribution is -0.384. The van der Waals surface area contributed by atoms with Crippen molar-refractivity contribution in [2.45, 2.75) is 30.6 Å². The third kappa shape index (κ3) is 5.35. The second-order valence-electron chi connectivity index (χ2n) is 5.77. The van der Waals surface area contributed by atoms with Crippen LogP contribution >= 0.6 is 0 Å². The van der Waals surface area contributed by atoms with E-state index in [9.17, 15) is 27.9 Å². The Morgan fingerprint density at radius 2 is 1.81 bits per heavy atom. The number of nitro benzene ring substituents is 1. The molecule has 2 aromatic carbocycles.